The van der Waals surface area contributed by atoms with Gasteiger partial charge < -0.3 is 9.47 Å². The SMILES string of the molecule is CC(C)OC(=O)COc1c(I)cc(Cl)c2ccc(Cl)nc12. The largest absolute Gasteiger partial charge is 0.478 e. The third-order valence-corrected chi connectivity index (χ3v) is 3.83. The van der Waals surface area contributed by atoms with Crippen LogP contribution >= 0.6 is 45.8 Å². The summed E-state index contributed by atoms with van der Waals surface area (Å²) in [5.74, 6) is 0.0316. The van der Waals surface area contributed by atoms with Gasteiger partial charge in [-0.25, -0.2) is 9.78 Å². The standard InChI is InChI=1S/C14H12Cl2INO3/c1-7(2)21-12(19)6-20-14-10(17)5-9(15)8-3-4-11(16)18-13(8)14/h3-5,7H,6H2,1-2H3. The maximum atomic E-state index is 11.6. The Labute approximate surface area is 145 Å². The molecule has 0 aliphatic rings. The van der Waals surface area contributed by atoms with Crippen LogP contribution in [-0.2, 0) is 9.53 Å². The van der Waals surface area contributed by atoms with Crippen molar-refractivity contribution in [3.05, 3.63) is 31.9 Å². The molecule has 112 valence electrons. The molecule has 21 heavy (non-hydrogen) atoms. The molecule has 7 heteroatoms. The molecule has 0 spiro atoms. The summed E-state index contributed by atoms with van der Waals surface area (Å²) in [5, 5.41) is 1.60. The van der Waals surface area contributed by atoms with Crippen molar-refractivity contribution < 1.29 is 14.3 Å². The molecule has 1 heterocycles. The Morgan fingerprint density at radius 3 is 2.76 bits per heavy atom. The first-order valence-corrected chi connectivity index (χ1v) is 7.98. The van der Waals surface area contributed by atoms with Gasteiger partial charge in [0.25, 0.3) is 0 Å². The lowest BCUT2D eigenvalue weighted by atomic mass is 10.2. The van der Waals surface area contributed by atoms with Crippen molar-refractivity contribution in [1.82, 2.24) is 4.98 Å². The minimum Gasteiger partial charge on any atom is -0.478 e. The van der Waals surface area contributed by atoms with Crippen LogP contribution in [0, 0.1) is 3.57 Å². The number of rotatable bonds is 4. The van der Waals surface area contributed by atoms with Gasteiger partial charge in [0.15, 0.2) is 12.4 Å². The summed E-state index contributed by atoms with van der Waals surface area (Å²) in [4.78, 5) is 15.8. The van der Waals surface area contributed by atoms with Gasteiger partial charge in [-0.3, -0.25) is 0 Å². The van der Waals surface area contributed by atoms with Crippen molar-refractivity contribution in [2.75, 3.05) is 6.61 Å². The molecule has 0 aliphatic heterocycles. The van der Waals surface area contributed by atoms with Crippen LogP contribution in [-0.4, -0.2) is 23.7 Å². The van der Waals surface area contributed by atoms with E-state index in [9.17, 15) is 4.79 Å². The molecule has 2 rings (SSSR count). The van der Waals surface area contributed by atoms with Gasteiger partial charge in [0.1, 0.15) is 10.7 Å². The van der Waals surface area contributed by atoms with Gasteiger partial charge in [-0.2, -0.15) is 0 Å². The monoisotopic (exact) mass is 439 g/mol. The molecule has 0 saturated carbocycles. The van der Waals surface area contributed by atoms with Crippen LogP contribution in [0.1, 0.15) is 13.8 Å². The number of ether oxygens (including phenoxy) is 2. The van der Waals surface area contributed by atoms with Gasteiger partial charge in [0.05, 0.1) is 14.7 Å². The van der Waals surface area contributed by atoms with Crippen molar-refractivity contribution in [2.45, 2.75) is 20.0 Å². The zero-order valence-corrected chi connectivity index (χ0v) is 15.0. The summed E-state index contributed by atoms with van der Waals surface area (Å²) in [5.41, 5.74) is 0.525. The van der Waals surface area contributed by atoms with Gasteiger partial charge in [0.2, 0.25) is 0 Å². The summed E-state index contributed by atoms with van der Waals surface area (Å²) >= 11 is 14.2. The van der Waals surface area contributed by atoms with Crippen molar-refractivity contribution >= 4 is 62.7 Å². The van der Waals surface area contributed by atoms with Crippen molar-refractivity contribution in [3.63, 3.8) is 0 Å². The Balaban J connectivity index is 2.34. The number of esters is 1. The molecule has 2 aromatic rings. The summed E-state index contributed by atoms with van der Waals surface area (Å²) in [6, 6.07) is 5.17. The van der Waals surface area contributed by atoms with E-state index in [0.717, 1.165) is 3.57 Å². The highest BCUT2D eigenvalue weighted by Crippen LogP contribution is 2.35. The zero-order chi connectivity index (χ0) is 15.6. The number of aromatic nitrogens is 1. The first kappa shape index (κ1) is 16.6. The van der Waals surface area contributed by atoms with E-state index in [1.807, 2.05) is 0 Å². The van der Waals surface area contributed by atoms with E-state index in [2.05, 4.69) is 27.6 Å². The van der Waals surface area contributed by atoms with E-state index in [4.69, 9.17) is 32.7 Å². The molecule has 1 aromatic heterocycles. The van der Waals surface area contributed by atoms with Gasteiger partial charge in [-0.1, -0.05) is 23.2 Å². The van der Waals surface area contributed by atoms with Crippen LogP contribution in [0.25, 0.3) is 10.9 Å². The van der Waals surface area contributed by atoms with Gasteiger partial charge in [0, 0.05) is 5.39 Å². The molecular formula is C14H12Cl2INO3. The first-order chi connectivity index (χ1) is 9.88. The van der Waals surface area contributed by atoms with Gasteiger partial charge in [-0.05, 0) is 54.6 Å². The fraction of sp³-hybridized carbons (Fsp3) is 0.286. The molecule has 0 N–H and O–H groups in total. The fourth-order valence-corrected chi connectivity index (χ4v) is 3.05. The molecule has 0 atom stereocenters. The van der Waals surface area contributed by atoms with Gasteiger partial charge >= 0.3 is 5.97 Å². The second-order valence-corrected chi connectivity index (χ2v) is 6.48. The predicted molar refractivity (Wildman–Crippen MR) is 91.2 cm³/mol. The highest BCUT2D eigenvalue weighted by Gasteiger charge is 2.15. The number of pyridine rings is 1. The fourth-order valence-electron chi connectivity index (χ4n) is 1.73. The number of carbonyl (C=O) groups excluding carboxylic acids is 1. The molecule has 0 bridgehead atoms. The maximum Gasteiger partial charge on any atom is 0.344 e. The van der Waals surface area contributed by atoms with Crippen LogP contribution in [0.3, 0.4) is 0 Å². The lowest BCUT2D eigenvalue weighted by Gasteiger charge is -2.13. The average Bonchev–Trinajstić information content (AvgIpc) is 2.37. The van der Waals surface area contributed by atoms with Crippen molar-refractivity contribution in [1.29, 1.82) is 0 Å². The first-order valence-electron chi connectivity index (χ1n) is 6.15. The Bertz CT molecular complexity index is 691. The van der Waals surface area contributed by atoms with E-state index >= 15 is 0 Å². The molecule has 0 radical (unpaired) electrons. The number of nitrogens with zero attached hydrogens (tertiary/aromatic N) is 1. The average molecular weight is 440 g/mol. The molecule has 4 nitrogen and oxygen atoms in total. The van der Waals surface area contributed by atoms with Crippen molar-refractivity contribution in [3.8, 4) is 5.75 Å². The normalized spacial score (nSPS) is 11.0. The van der Waals surface area contributed by atoms with E-state index in [1.165, 1.54) is 0 Å². The molecule has 0 fully saturated rings. The Morgan fingerprint density at radius 2 is 2.10 bits per heavy atom. The number of halogens is 3. The second kappa shape index (κ2) is 6.98. The highest BCUT2D eigenvalue weighted by molar-refractivity contribution is 14.1. The van der Waals surface area contributed by atoms with Crippen LogP contribution < -0.4 is 4.74 Å². The van der Waals surface area contributed by atoms with E-state index < -0.39 is 5.97 Å². The molecule has 0 unspecified atom stereocenters. The Morgan fingerprint density at radius 1 is 1.38 bits per heavy atom. The van der Waals surface area contributed by atoms with Crippen molar-refractivity contribution in [2.24, 2.45) is 0 Å². The number of hydrogen-bond donors (Lipinski definition) is 0. The zero-order valence-electron chi connectivity index (χ0n) is 11.3. The minimum atomic E-state index is -0.439. The highest BCUT2D eigenvalue weighted by atomic mass is 127. The lowest BCUT2D eigenvalue weighted by molar-refractivity contribution is -0.149. The Kier molecular flexibility index (Phi) is 5.51. The summed E-state index contributed by atoms with van der Waals surface area (Å²) in [6.07, 6.45) is -0.185. The number of carbonyl (C=O) groups is 1. The quantitative estimate of drug-likeness (QED) is 0.400. The van der Waals surface area contributed by atoms with Crippen LogP contribution in [0.15, 0.2) is 18.2 Å². The molecule has 0 amide bonds. The predicted octanol–water partition coefficient (Wildman–Crippen LogP) is 4.48. The molecular weight excluding hydrogens is 428 g/mol. The molecule has 0 aliphatic carbocycles. The van der Waals surface area contributed by atoms with E-state index in [0.29, 0.717) is 26.8 Å². The van der Waals surface area contributed by atoms with E-state index in [1.54, 1.807) is 32.0 Å². The summed E-state index contributed by atoms with van der Waals surface area (Å²) in [7, 11) is 0. The summed E-state index contributed by atoms with van der Waals surface area (Å²) < 4.78 is 11.3. The smallest absolute Gasteiger partial charge is 0.344 e. The van der Waals surface area contributed by atoms with Gasteiger partial charge in [-0.15, -0.1) is 0 Å². The van der Waals surface area contributed by atoms with Crippen LogP contribution in [0.5, 0.6) is 5.75 Å². The number of hydrogen-bond acceptors (Lipinski definition) is 4. The molecule has 1 aromatic carbocycles. The third-order valence-electron chi connectivity index (χ3n) is 2.51. The third kappa shape index (κ3) is 4.11. The number of benzene rings is 1. The summed E-state index contributed by atoms with van der Waals surface area (Å²) in [6.45, 7) is 3.36. The molecule has 0 saturated heterocycles. The van der Waals surface area contributed by atoms with Crippen LogP contribution in [0.4, 0.5) is 0 Å². The Hall–Kier alpha value is -0.790. The van der Waals surface area contributed by atoms with E-state index in [-0.39, 0.29) is 12.7 Å². The number of fused-ring (bicyclic) bond motifs is 1. The minimum absolute atomic E-state index is 0.185. The maximum absolute atomic E-state index is 11.6. The second-order valence-electron chi connectivity index (χ2n) is 4.53. The lowest BCUT2D eigenvalue weighted by Crippen LogP contribution is -2.19. The topological polar surface area (TPSA) is 48.4 Å². The van der Waals surface area contributed by atoms with Crippen LogP contribution in [0.2, 0.25) is 10.2 Å².